The lowest BCUT2D eigenvalue weighted by Gasteiger charge is -2.52. The molecule has 3 fully saturated rings. The first kappa shape index (κ1) is 10.5. The summed E-state index contributed by atoms with van der Waals surface area (Å²) < 4.78 is 18.5. The lowest BCUT2D eigenvalue weighted by atomic mass is 9.65. The van der Waals surface area contributed by atoms with Gasteiger partial charge in [0, 0.05) is 12.0 Å². The van der Waals surface area contributed by atoms with E-state index in [1.165, 1.54) is 6.42 Å². The summed E-state index contributed by atoms with van der Waals surface area (Å²) in [6, 6.07) is 10.3. The van der Waals surface area contributed by atoms with Gasteiger partial charge >= 0.3 is 0 Å². The zero-order valence-corrected chi connectivity index (χ0v) is 10.7. The number of fused-ring (bicyclic) bond motifs is 1. The van der Waals surface area contributed by atoms with Gasteiger partial charge in [0.2, 0.25) is 5.79 Å². The Kier molecular flexibility index (Phi) is 1.68. The Morgan fingerprint density at radius 2 is 1.95 bits per heavy atom. The average molecular weight is 256 g/mol. The fraction of sp³-hybridized carbons (Fsp3) is 0.500. The van der Waals surface area contributed by atoms with Crippen molar-refractivity contribution in [3.8, 4) is 0 Å². The molecule has 3 heterocycles. The molecule has 2 saturated heterocycles. The molecule has 0 radical (unpaired) electrons. The Morgan fingerprint density at radius 1 is 1.05 bits per heavy atom. The van der Waals surface area contributed by atoms with Crippen LogP contribution in [0, 0.1) is 5.41 Å². The summed E-state index contributed by atoms with van der Waals surface area (Å²) in [7, 11) is 0. The highest BCUT2D eigenvalue weighted by molar-refractivity contribution is 5.35. The van der Waals surface area contributed by atoms with Gasteiger partial charge in [-0.05, 0) is 25.3 Å². The molecule has 0 N–H and O–H groups in total. The molecule has 3 heteroatoms. The van der Waals surface area contributed by atoms with Crippen molar-refractivity contribution >= 4 is 0 Å². The Bertz CT molecular complexity index is 569. The third-order valence-electron chi connectivity index (χ3n) is 5.47. The van der Waals surface area contributed by atoms with Gasteiger partial charge in [-0.25, -0.2) is 0 Å². The minimum atomic E-state index is -0.636. The van der Waals surface area contributed by atoms with E-state index in [1.54, 1.807) is 6.26 Å². The Morgan fingerprint density at radius 3 is 2.84 bits per heavy atom. The predicted octanol–water partition coefficient (Wildman–Crippen LogP) is 3.07. The summed E-state index contributed by atoms with van der Waals surface area (Å²) in [6.07, 6.45) is 8.13. The lowest BCUT2D eigenvalue weighted by molar-refractivity contribution is -0.371. The van der Waals surface area contributed by atoms with E-state index >= 15 is 0 Å². The van der Waals surface area contributed by atoms with Crippen LogP contribution in [-0.2, 0) is 20.0 Å². The monoisotopic (exact) mass is 256 g/mol. The maximum absolute atomic E-state index is 6.21. The maximum Gasteiger partial charge on any atom is 0.247 e. The zero-order chi connectivity index (χ0) is 12.6. The van der Waals surface area contributed by atoms with Crippen LogP contribution in [0.3, 0.4) is 0 Å². The van der Waals surface area contributed by atoms with Crippen LogP contribution < -0.4 is 0 Å². The molecule has 3 nitrogen and oxygen atoms in total. The van der Waals surface area contributed by atoms with Crippen LogP contribution >= 0.6 is 0 Å². The van der Waals surface area contributed by atoms with Crippen LogP contribution in [0.1, 0.15) is 31.2 Å². The first-order chi connectivity index (χ1) is 9.30. The minimum absolute atomic E-state index is 0.0409. The maximum atomic E-state index is 6.21. The van der Waals surface area contributed by atoms with Gasteiger partial charge < -0.3 is 14.2 Å². The molecular weight excluding hydrogens is 240 g/mol. The molecule has 1 aromatic carbocycles. The van der Waals surface area contributed by atoms with Crippen molar-refractivity contribution in [1.82, 2.24) is 0 Å². The van der Waals surface area contributed by atoms with Crippen LogP contribution in [0.15, 0.2) is 42.7 Å². The van der Waals surface area contributed by atoms with Gasteiger partial charge in [0.1, 0.15) is 5.60 Å². The fourth-order valence-corrected chi connectivity index (χ4v) is 4.78. The SMILES string of the molecule is C1=C[C@]23CCC[C@@]24C[C@H](O[C@@]4(c2ccccc2)O1)O3. The van der Waals surface area contributed by atoms with E-state index < -0.39 is 5.79 Å². The number of hydrogen-bond donors (Lipinski definition) is 0. The van der Waals surface area contributed by atoms with E-state index in [9.17, 15) is 0 Å². The summed E-state index contributed by atoms with van der Waals surface area (Å²) in [5.41, 5.74) is 0.918. The largest absolute Gasteiger partial charge is 0.465 e. The summed E-state index contributed by atoms with van der Waals surface area (Å²) >= 11 is 0. The second-order valence-electron chi connectivity index (χ2n) is 6.10. The number of hydrogen-bond acceptors (Lipinski definition) is 3. The molecule has 5 rings (SSSR count). The topological polar surface area (TPSA) is 27.7 Å². The van der Waals surface area contributed by atoms with Gasteiger partial charge in [-0.3, -0.25) is 0 Å². The normalized spacial score (nSPS) is 49.2. The first-order valence-electron chi connectivity index (χ1n) is 7.07. The van der Waals surface area contributed by atoms with Crippen LogP contribution in [0.2, 0.25) is 0 Å². The second kappa shape index (κ2) is 3.05. The molecule has 1 aromatic rings. The number of rotatable bonds is 1. The van der Waals surface area contributed by atoms with Crippen molar-refractivity contribution in [2.45, 2.75) is 43.4 Å². The van der Waals surface area contributed by atoms with Gasteiger partial charge in [0.25, 0.3) is 0 Å². The molecule has 1 aliphatic carbocycles. The second-order valence-corrected chi connectivity index (χ2v) is 6.10. The highest BCUT2D eigenvalue weighted by atomic mass is 16.8. The summed E-state index contributed by atoms with van der Waals surface area (Å²) in [4.78, 5) is 0. The molecule has 4 aliphatic rings. The van der Waals surface area contributed by atoms with Gasteiger partial charge in [-0.2, -0.15) is 0 Å². The molecule has 0 unspecified atom stereocenters. The van der Waals surface area contributed by atoms with E-state index in [0.717, 1.165) is 24.8 Å². The summed E-state index contributed by atoms with van der Waals surface area (Å²) in [6.45, 7) is 0. The van der Waals surface area contributed by atoms with Crippen molar-refractivity contribution < 1.29 is 14.2 Å². The summed E-state index contributed by atoms with van der Waals surface area (Å²) in [5.74, 6) is -0.636. The Hall–Kier alpha value is -1.32. The molecular formula is C16H16O3. The lowest BCUT2D eigenvalue weighted by Crippen LogP contribution is -2.59. The molecule has 1 saturated carbocycles. The molecule has 19 heavy (non-hydrogen) atoms. The first-order valence-corrected chi connectivity index (χ1v) is 7.07. The van der Waals surface area contributed by atoms with E-state index in [0.29, 0.717) is 0 Å². The Balaban J connectivity index is 1.78. The van der Waals surface area contributed by atoms with Crippen molar-refractivity contribution in [2.75, 3.05) is 0 Å². The minimum Gasteiger partial charge on any atom is -0.465 e. The van der Waals surface area contributed by atoms with E-state index in [2.05, 4.69) is 30.3 Å². The average Bonchev–Trinajstić information content (AvgIpc) is 3.02. The molecule has 0 amide bonds. The zero-order valence-electron chi connectivity index (χ0n) is 10.7. The van der Waals surface area contributed by atoms with Crippen LogP contribution in [0.4, 0.5) is 0 Å². The van der Waals surface area contributed by atoms with Gasteiger partial charge in [-0.1, -0.05) is 30.3 Å². The van der Waals surface area contributed by atoms with Gasteiger partial charge in [0.15, 0.2) is 6.29 Å². The van der Waals surface area contributed by atoms with Crippen molar-refractivity contribution in [1.29, 1.82) is 0 Å². The van der Waals surface area contributed by atoms with Crippen LogP contribution in [-0.4, -0.2) is 11.9 Å². The highest BCUT2D eigenvalue weighted by Gasteiger charge is 2.79. The van der Waals surface area contributed by atoms with Crippen molar-refractivity contribution in [2.24, 2.45) is 5.41 Å². The van der Waals surface area contributed by atoms with E-state index in [-0.39, 0.29) is 17.3 Å². The molecule has 2 bridgehead atoms. The molecule has 1 spiro atoms. The summed E-state index contributed by atoms with van der Waals surface area (Å²) in [5, 5.41) is 0. The molecule has 4 atom stereocenters. The number of ether oxygens (including phenoxy) is 3. The predicted molar refractivity (Wildman–Crippen MR) is 67.9 cm³/mol. The smallest absolute Gasteiger partial charge is 0.247 e. The highest BCUT2D eigenvalue weighted by Crippen LogP contribution is 2.73. The van der Waals surface area contributed by atoms with Gasteiger partial charge in [-0.15, -0.1) is 0 Å². The number of benzene rings is 1. The quantitative estimate of drug-likeness (QED) is 0.773. The van der Waals surface area contributed by atoms with Crippen molar-refractivity contribution in [3.05, 3.63) is 48.2 Å². The van der Waals surface area contributed by atoms with Crippen molar-refractivity contribution in [3.63, 3.8) is 0 Å². The van der Waals surface area contributed by atoms with E-state index in [4.69, 9.17) is 14.2 Å². The Labute approximate surface area is 112 Å². The van der Waals surface area contributed by atoms with Gasteiger partial charge in [0.05, 0.1) is 11.7 Å². The van der Waals surface area contributed by atoms with Crippen LogP contribution in [0.5, 0.6) is 0 Å². The molecule has 98 valence electrons. The molecule has 3 aliphatic heterocycles. The third-order valence-corrected chi connectivity index (χ3v) is 5.47. The van der Waals surface area contributed by atoms with E-state index in [1.807, 2.05) is 6.07 Å². The molecule has 0 aromatic heterocycles. The fourth-order valence-electron chi connectivity index (χ4n) is 4.78. The standard InChI is InChI=1S/C16H16O3/c1-2-5-12(6-3-1)16-14-7-4-8-15(14,9-10-17-16)18-13(11-14)19-16/h1-3,5-6,9-10,13H,4,7-8,11H2/t13-,14+,15+,16+/m0/s1. The van der Waals surface area contributed by atoms with Crippen LogP contribution in [0.25, 0.3) is 0 Å². The third kappa shape index (κ3) is 0.945.